The standard InChI is InChI=1S/C13H20BrFN2/c1-3-4-16-5-6-17(2)10-11-7-12(14)9-13(15)8-11/h7-9,16H,3-6,10H2,1-2H3. The summed E-state index contributed by atoms with van der Waals surface area (Å²) >= 11 is 3.31. The molecule has 0 bridgehead atoms. The Balaban J connectivity index is 2.36. The van der Waals surface area contributed by atoms with Crippen molar-refractivity contribution in [2.45, 2.75) is 19.9 Å². The lowest BCUT2D eigenvalue weighted by Crippen LogP contribution is -2.29. The van der Waals surface area contributed by atoms with Crippen LogP contribution >= 0.6 is 15.9 Å². The fourth-order valence-electron chi connectivity index (χ4n) is 1.66. The zero-order valence-corrected chi connectivity index (χ0v) is 12.1. The quantitative estimate of drug-likeness (QED) is 0.779. The maximum absolute atomic E-state index is 13.2. The molecule has 96 valence electrons. The van der Waals surface area contributed by atoms with Gasteiger partial charge in [-0.05, 0) is 43.8 Å². The molecule has 4 heteroatoms. The number of rotatable bonds is 7. The summed E-state index contributed by atoms with van der Waals surface area (Å²) in [7, 11) is 2.05. The highest BCUT2D eigenvalue weighted by molar-refractivity contribution is 9.10. The van der Waals surface area contributed by atoms with Gasteiger partial charge in [-0.1, -0.05) is 22.9 Å². The summed E-state index contributed by atoms with van der Waals surface area (Å²) in [5, 5.41) is 3.35. The van der Waals surface area contributed by atoms with Crippen molar-refractivity contribution in [3.05, 3.63) is 34.1 Å². The van der Waals surface area contributed by atoms with Crippen LogP contribution in [0.2, 0.25) is 0 Å². The van der Waals surface area contributed by atoms with Crippen LogP contribution < -0.4 is 5.32 Å². The predicted molar refractivity (Wildman–Crippen MR) is 73.6 cm³/mol. The zero-order chi connectivity index (χ0) is 12.7. The first-order valence-corrected chi connectivity index (χ1v) is 6.75. The van der Waals surface area contributed by atoms with Crippen LogP contribution in [0, 0.1) is 5.82 Å². The van der Waals surface area contributed by atoms with Crippen LogP contribution in [-0.4, -0.2) is 31.6 Å². The lowest BCUT2D eigenvalue weighted by Gasteiger charge is -2.17. The molecule has 1 aromatic carbocycles. The van der Waals surface area contributed by atoms with Crippen molar-refractivity contribution in [2.75, 3.05) is 26.7 Å². The van der Waals surface area contributed by atoms with E-state index in [4.69, 9.17) is 0 Å². The Morgan fingerprint density at radius 2 is 2.06 bits per heavy atom. The van der Waals surface area contributed by atoms with E-state index in [0.717, 1.165) is 42.6 Å². The molecule has 0 fully saturated rings. The average Bonchev–Trinajstić information content (AvgIpc) is 2.23. The topological polar surface area (TPSA) is 15.3 Å². The Morgan fingerprint density at radius 3 is 2.71 bits per heavy atom. The largest absolute Gasteiger partial charge is 0.315 e. The summed E-state index contributed by atoms with van der Waals surface area (Å²) in [5.74, 6) is -0.188. The van der Waals surface area contributed by atoms with Gasteiger partial charge in [-0.25, -0.2) is 4.39 Å². The van der Waals surface area contributed by atoms with E-state index in [9.17, 15) is 4.39 Å². The highest BCUT2D eigenvalue weighted by atomic mass is 79.9. The fraction of sp³-hybridized carbons (Fsp3) is 0.538. The molecule has 0 aliphatic heterocycles. The number of nitrogens with zero attached hydrogens (tertiary/aromatic N) is 1. The van der Waals surface area contributed by atoms with Crippen LogP contribution in [0.3, 0.4) is 0 Å². The molecule has 0 heterocycles. The van der Waals surface area contributed by atoms with Crippen molar-refractivity contribution in [3.63, 3.8) is 0 Å². The molecule has 0 radical (unpaired) electrons. The normalized spacial score (nSPS) is 11.1. The summed E-state index contributed by atoms with van der Waals surface area (Å²) in [6.07, 6.45) is 1.15. The maximum Gasteiger partial charge on any atom is 0.124 e. The van der Waals surface area contributed by atoms with E-state index < -0.39 is 0 Å². The highest BCUT2D eigenvalue weighted by Crippen LogP contribution is 2.15. The van der Waals surface area contributed by atoms with Crippen LogP contribution in [0.1, 0.15) is 18.9 Å². The van der Waals surface area contributed by atoms with Crippen molar-refractivity contribution in [2.24, 2.45) is 0 Å². The Morgan fingerprint density at radius 1 is 1.29 bits per heavy atom. The van der Waals surface area contributed by atoms with E-state index in [1.807, 2.05) is 13.1 Å². The minimum atomic E-state index is -0.188. The second kappa shape index (κ2) is 7.80. The second-order valence-electron chi connectivity index (χ2n) is 4.27. The number of halogens is 2. The molecule has 0 spiro atoms. The second-order valence-corrected chi connectivity index (χ2v) is 5.18. The van der Waals surface area contributed by atoms with E-state index in [1.165, 1.54) is 6.07 Å². The molecule has 0 saturated heterocycles. The Labute approximate surface area is 111 Å². The third kappa shape index (κ3) is 6.15. The van der Waals surface area contributed by atoms with Crippen LogP contribution in [0.5, 0.6) is 0 Å². The molecule has 1 rings (SSSR count). The third-order valence-corrected chi connectivity index (χ3v) is 2.93. The van der Waals surface area contributed by atoms with E-state index in [-0.39, 0.29) is 5.82 Å². The smallest absolute Gasteiger partial charge is 0.124 e. The van der Waals surface area contributed by atoms with Gasteiger partial charge in [0.25, 0.3) is 0 Å². The molecular weight excluding hydrogens is 283 g/mol. The molecule has 1 aromatic rings. The first-order valence-electron chi connectivity index (χ1n) is 5.96. The molecule has 0 aromatic heterocycles. The molecule has 17 heavy (non-hydrogen) atoms. The fourth-order valence-corrected chi connectivity index (χ4v) is 2.18. The zero-order valence-electron chi connectivity index (χ0n) is 10.5. The predicted octanol–water partition coefficient (Wildman–Crippen LogP) is 3.02. The summed E-state index contributed by atoms with van der Waals surface area (Å²) in [4.78, 5) is 2.18. The molecule has 0 unspecified atom stereocenters. The van der Waals surface area contributed by atoms with E-state index in [1.54, 1.807) is 6.07 Å². The number of hydrogen-bond acceptors (Lipinski definition) is 2. The van der Waals surface area contributed by atoms with Crippen molar-refractivity contribution >= 4 is 15.9 Å². The molecule has 1 N–H and O–H groups in total. The minimum absolute atomic E-state index is 0.188. The van der Waals surface area contributed by atoms with Gasteiger partial charge in [-0.3, -0.25) is 0 Å². The first-order chi connectivity index (χ1) is 8.11. The van der Waals surface area contributed by atoms with Gasteiger partial charge in [0.05, 0.1) is 0 Å². The van der Waals surface area contributed by atoms with Gasteiger partial charge >= 0.3 is 0 Å². The summed E-state index contributed by atoms with van der Waals surface area (Å²) in [6, 6.07) is 5.02. The average molecular weight is 303 g/mol. The molecule has 0 atom stereocenters. The molecule has 2 nitrogen and oxygen atoms in total. The monoisotopic (exact) mass is 302 g/mol. The van der Waals surface area contributed by atoms with Crippen LogP contribution in [0.15, 0.2) is 22.7 Å². The number of nitrogens with one attached hydrogen (secondary N) is 1. The molecule has 0 saturated carbocycles. The van der Waals surface area contributed by atoms with Gasteiger partial charge in [0.15, 0.2) is 0 Å². The van der Waals surface area contributed by atoms with Gasteiger partial charge in [0, 0.05) is 24.1 Å². The minimum Gasteiger partial charge on any atom is -0.315 e. The number of likely N-dealkylation sites (N-methyl/N-ethyl adjacent to an activating group) is 1. The van der Waals surface area contributed by atoms with Gasteiger partial charge < -0.3 is 10.2 Å². The number of benzene rings is 1. The van der Waals surface area contributed by atoms with Gasteiger partial charge in [0.1, 0.15) is 5.82 Å². The molecule has 0 aliphatic carbocycles. The summed E-state index contributed by atoms with van der Waals surface area (Å²) in [5.41, 5.74) is 0.995. The Bertz CT molecular complexity index is 324. The van der Waals surface area contributed by atoms with Crippen LogP contribution in [0.25, 0.3) is 0 Å². The van der Waals surface area contributed by atoms with E-state index >= 15 is 0 Å². The summed E-state index contributed by atoms with van der Waals surface area (Å²) < 4.78 is 14.0. The maximum atomic E-state index is 13.2. The Hall–Kier alpha value is -0.450. The van der Waals surface area contributed by atoms with Crippen LogP contribution in [0.4, 0.5) is 4.39 Å². The van der Waals surface area contributed by atoms with E-state index in [2.05, 4.69) is 33.1 Å². The number of hydrogen-bond donors (Lipinski definition) is 1. The van der Waals surface area contributed by atoms with Crippen molar-refractivity contribution in [1.29, 1.82) is 0 Å². The van der Waals surface area contributed by atoms with Crippen molar-refractivity contribution < 1.29 is 4.39 Å². The Kier molecular flexibility index (Phi) is 6.70. The van der Waals surface area contributed by atoms with Gasteiger partial charge in [-0.2, -0.15) is 0 Å². The van der Waals surface area contributed by atoms with Gasteiger partial charge in [-0.15, -0.1) is 0 Å². The van der Waals surface area contributed by atoms with Gasteiger partial charge in [0.2, 0.25) is 0 Å². The first kappa shape index (κ1) is 14.6. The van der Waals surface area contributed by atoms with Crippen molar-refractivity contribution in [1.82, 2.24) is 10.2 Å². The highest BCUT2D eigenvalue weighted by Gasteiger charge is 2.03. The lowest BCUT2D eigenvalue weighted by molar-refractivity contribution is 0.324. The molecule has 0 aliphatic rings. The van der Waals surface area contributed by atoms with Crippen LogP contribution in [-0.2, 0) is 6.54 Å². The molecular formula is C13H20BrFN2. The lowest BCUT2D eigenvalue weighted by atomic mass is 10.2. The van der Waals surface area contributed by atoms with E-state index in [0.29, 0.717) is 0 Å². The SMILES string of the molecule is CCCNCCN(C)Cc1cc(F)cc(Br)c1. The summed E-state index contributed by atoms with van der Waals surface area (Å²) in [6.45, 7) is 5.92. The third-order valence-electron chi connectivity index (χ3n) is 2.47. The molecule has 0 amide bonds. The van der Waals surface area contributed by atoms with Crippen molar-refractivity contribution in [3.8, 4) is 0 Å².